The molecule has 6 nitrogen and oxygen atoms in total. The second-order valence-corrected chi connectivity index (χ2v) is 5.54. The Hall–Kier alpha value is -0.800. The SMILES string of the molecule is CC(C)(C)C(=O)OC(O)C(F)(F)S(=O)(=O)O. The van der Waals surface area contributed by atoms with Gasteiger partial charge in [-0.2, -0.15) is 17.2 Å². The van der Waals surface area contributed by atoms with Gasteiger partial charge in [0.05, 0.1) is 5.41 Å². The van der Waals surface area contributed by atoms with Gasteiger partial charge in [0.2, 0.25) is 0 Å². The first-order valence-electron chi connectivity index (χ1n) is 4.04. The third-order valence-corrected chi connectivity index (χ3v) is 2.35. The molecule has 0 spiro atoms. The number of hydrogen-bond donors (Lipinski definition) is 2. The van der Waals surface area contributed by atoms with E-state index in [1.54, 1.807) is 0 Å². The summed E-state index contributed by atoms with van der Waals surface area (Å²) in [5.41, 5.74) is -1.20. The third-order valence-electron chi connectivity index (χ3n) is 1.46. The molecule has 0 aromatic carbocycles. The molecule has 0 aliphatic rings. The van der Waals surface area contributed by atoms with Gasteiger partial charge < -0.3 is 9.84 Å². The Morgan fingerprint density at radius 3 is 1.94 bits per heavy atom. The van der Waals surface area contributed by atoms with Crippen LogP contribution < -0.4 is 0 Å². The van der Waals surface area contributed by atoms with Gasteiger partial charge in [-0.15, -0.1) is 0 Å². The first kappa shape index (κ1) is 15.2. The van der Waals surface area contributed by atoms with Gasteiger partial charge in [0, 0.05) is 0 Å². The van der Waals surface area contributed by atoms with Gasteiger partial charge >= 0.3 is 21.3 Å². The molecule has 0 radical (unpaired) electrons. The number of carbonyl (C=O) groups excluding carboxylic acids is 1. The molecular weight excluding hydrogens is 250 g/mol. The van der Waals surface area contributed by atoms with Crippen molar-refractivity contribution in [2.24, 2.45) is 5.41 Å². The third kappa shape index (κ3) is 3.35. The van der Waals surface area contributed by atoms with Gasteiger partial charge in [0.15, 0.2) is 0 Å². The summed E-state index contributed by atoms with van der Waals surface area (Å²) in [5.74, 6) is -1.23. The van der Waals surface area contributed by atoms with E-state index in [1.165, 1.54) is 20.8 Å². The lowest BCUT2D eigenvalue weighted by Crippen LogP contribution is -2.45. The second kappa shape index (κ2) is 4.22. The molecule has 0 saturated heterocycles. The van der Waals surface area contributed by atoms with Crippen LogP contribution >= 0.6 is 0 Å². The fraction of sp³-hybridized carbons (Fsp3) is 0.857. The molecule has 0 bridgehead atoms. The minimum Gasteiger partial charge on any atom is -0.427 e. The first-order chi connectivity index (χ1) is 6.80. The number of halogens is 2. The number of aliphatic hydroxyl groups excluding tert-OH is 1. The summed E-state index contributed by atoms with van der Waals surface area (Å²) in [6, 6.07) is 0. The van der Waals surface area contributed by atoms with Gasteiger partial charge in [-0.05, 0) is 20.8 Å². The van der Waals surface area contributed by atoms with Crippen LogP contribution in [0.5, 0.6) is 0 Å². The lowest BCUT2D eigenvalue weighted by Gasteiger charge is -2.23. The summed E-state index contributed by atoms with van der Waals surface area (Å²) in [5, 5.41) is 3.75. The number of hydrogen-bond acceptors (Lipinski definition) is 5. The highest BCUT2D eigenvalue weighted by Gasteiger charge is 2.54. The van der Waals surface area contributed by atoms with Crippen LogP contribution in [0.3, 0.4) is 0 Å². The van der Waals surface area contributed by atoms with Gasteiger partial charge in [0.1, 0.15) is 0 Å². The normalized spacial score (nSPS) is 15.7. The summed E-state index contributed by atoms with van der Waals surface area (Å²) in [7, 11) is -5.85. The Morgan fingerprint density at radius 2 is 1.69 bits per heavy atom. The van der Waals surface area contributed by atoms with Crippen molar-refractivity contribution >= 4 is 16.1 Å². The van der Waals surface area contributed by atoms with Crippen molar-refractivity contribution in [2.75, 3.05) is 0 Å². The zero-order valence-electron chi connectivity index (χ0n) is 8.77. The molecule has 1 atom stereocenters. The minimum absolute atomic E-state index is 1.20. The maximum atomic E-state index is 12.7. The van der Waals surface area contributed by atoms with E-state index in [9.17, 15) is 22.0 Å². The van der Waals surface area contributed by atoms with Crippen molar-refractivity contribution in [3.05, 3.63) is 0 Å². The van der Waals surface area contributed by atoms with Crippen LogP contribution in [0.25, 0.3) is 0 Å². The standard InChI is InChI=1S/C7H12F2O6S/c1-6(2,3)4(10)15-5(11)7(8,9)16(12,13)14/h5,11H,1-3H3,(H,12,13,14). The highest BCUT2D eigenvalue weighted by Crippen LogP contribution is 2.27. The molecule has 0 amide bonds. The van der Waals surface area contributed by atoms with Crippen molar-refractivity contribution in [3.8, 4) is 0 Å². The van der Waals surface area contributed by atoms with E-state index < -0.39 is 33.0 Å². The topological polar surface area (TPSA) is 101 Å². The van der Waals surface area contributed by atoms with Crippen LogP contribution in [0.15, 0.2) is 0 Å². The van der Waals surface area contributed by atoms with Crippen LogP contribution in [0, 0.1) is 5.41 Å². The van der Waals surface area contributed by atoms with E-state index in [4.69, 9.17) is 9.66 Å². The molecule has 9 heteroatoms. The van der Waals surface area contributed by atoms with Crippen molar-refractivity contribution < 1.29 is 36.4 Å². The Morgan fingerprint density at radius 1 is 1.31 bits per heavy atom. The molecule has 16 heavy (non-hydrogen) atoms. The quantitative estimate of drug-likeness (QED) is 0.433. The summed E-state index contributed by atoms with van der Waals surface area (Å²) in [6.45, 7) is 3.94. The lowest BCUT2D eigenvalue weighted by atomic mass is 9.97. The summed E-state index contributed by atoms with van der Waals surface area (Å²) in [4.78, 5) is 11.1. The van der Waals surface area contributed by atoms with E-state index in [0.717, 1.165) is 0 Å². The van der Waals surface area contributed by atoms with Crippen LogP contribution in [0.1, 0.15) is 20.8 Å². The molecule has 0 aliphatic heterocycles. The molecule has 0 aromatic heterocycles. The van der Waals surface area contributed by atoms with Crippen LogP contribution in [-0.4, -0.2) is 35.6 Å². The van der Waals surface area contributed by atoms with E-state index in [1.807, 2.05) is 0 Å². The van der Waals surface area contributed by atoms with Gasteiger partial charge in [-0.25, -0.2) is 0 Å². The number of rotatable bonds is 3. The maximum absolute atomic E-state index is 12.7. The maximum Gasteiger partial charge on any atom is 0.430 e. The number of carbonyl (C=O) groups is 1. The molecule has 96 valence electrons. The smallest absolute Gasteiger partial charge is 0.427 e. The van der Waals surface area contributed by atoms with E-state index in [-0.39, 0.29) is 0 Å². The van der Waals surface area contributed by atoms with E-state index >= 15 is 0 Å². The average Bonchev–Trinajstić information content (AvgIpc) is 1.99. The Kier molecular flexibility index (Phi) is 4.01. The fourth-order valence-electron chi connectivity index (χ4n) is 0.474. The zero-order valence-corrected chi connectivity index (χ0v) is 9.59. The van der Waals surface area contributed by atoms with E-state index in [2.05, 4.69) is 4.74 Å². The summed E-state index contributed by atoms with van der Waals surface area (Å²) in [6.07, 6.45) is -3.26. The van der Waals surface area contributed by atoms with Crippen molar-refractivity contribution in [1.29, 1.82) is 0 Å². The molecule has 0 saturated carbocycles. The predicted molar refractivity (Wildman–Crippen MR) is 48.0 cm³/mol. The Labute approximate surface area is 91.0 Å². The van der Waals surface area contributed by atoms with Crippen molar-refractivity contribution in [2.45, 2.75) is 32.3 Å². The van der Waals surface area contributed by atoms with Gasteiger partial charge in [-0.3, -0.25) is 9.35 Å². The molecule has 0 aliphatic carbocycles. The van der Waals surface area contributed by atoms with Crippen molar-refractivity contribution in [1.82, 2.24) is 0 Å². The summed E-state index contributed by atoms with van der Waals surface area (Å²) < 4.78 is 57.7. The fourth-order valence-corrected chi connectivity index (χ4v) is 0.777. The van der Waals surface area contributed by atoms with Crippen LogP contribution in [0.2, 0.25) is 0 Å². The van der Waals surface area contributed by atoms with Gasteiger partial charge in [-0.1, -0.05) is 0 Å². The lowest BCUT2D eigenvalue weighted by molar-refractivity contribution is -0.212. The number of ether oxygens (including phenoxy) is 1. The van der Waals surface area contributed by atoms with Crippen molar-refractivity contribution in [3.63, 3.8) is 0 Å². The van der Waals surface area contributed by atoms with Crippen LogP contribution in [-0.2, 0) is 19.6 Å². The summed E-state index contributed by atoms with van der Waals surface area (Å²) >= 11 is 0. The Balaban J connectivity index is 4.87. The number of esters is 1. The van der Waals surface area contributed by atoms with Gasteiger partial charge in [0.25, 0.3) is 6.29 Å². The largest absolute Gasteiger partial charge is 0.430 e. The van der Waals surface area contributed by atoms with E-state index in [0.29, 0.717) is 0 Å². The molecular formula is C7H12F2O6S. The molecule has 0 rings (SSSR count). The Bertz CT molecular complexity index is 369. The highest BCUT2D eigenvalue weighted by atomic mass is 32.2. The molecule has 0 fully saturated rings. The average molecular weight is 262 g/mol. The number of aliphatic hydroxyl groups is 1. The number of alkyl halides is 2. The first-order valence-corrected chi connectivity index (χ1v) is 5.48. The molecule has 1 unspecified atom stereocenters. The molecule has 0 heterocycles. The monoisotopic (exact) mass is 262 g/mol. The molecule has 0 aromatic rings. The van der Waals surface area contributed by atoms with Crippen LogP contribution in [0.4, 0.5) is 8.78 Å². The highest BCUT2D eigenvalue weighted by molar-refractivity contribution is 7.86. The molecule has 2 N–H and O–H groups in total. The predicted octanol–water partition coefficient (Wildman–Crippen LogP) is 0.375. The minimum atomic E-state index is -5.85. The second-order valence-electron chi connectivity index (χ2n) is 4.04. The zero-order chi connectivity index (χ0) is 13.4.